The van der Waals surface area contributed by atoms with Gasteiger partial charge in [0, 0.05) is 16.6 Å². The Morgan fingerprint density at radius 1 is 1.39 bits per heavy atom. The first kappa shape index (κ1) is 14.0. The standard InChI is InChI=1S/C15H22BrNO/c1-10(2)15(9-18)17-14-7-12(8-14)11-4-3-5-13(16)6-11/h3-6,10,12,14-15,17-18H,7-9H2,1-2H3/t12?,14?,15-/m1/s1. The van der Waals surface area contributed by atoms with Gasteiger partial charge in [0.05, 0.1) is 6.61 Å². The van der Waals surface area contributed by atoms with E-state index < -0.39 is 0 Å². The number of hydrogen-bond acceptors (Lipinski definition) is 2. The lowest BCUT2D eigenvalue weighted by Crippen LogP contribution is -2.49. The summed E-state index contributed by atoms with van der Waals surface area (Å²) in [7, 11) is 0. The van der Waals surface area contributed by atoms with Gasteiger partial charge in [-0.05, 0) is 42.4 Å². The summed E-state index contributed by atoms with van der Waals surface area (Å²) < 4.78 is 1.16. The van der Waals surface area contributed by atoms with Crippen molar-refractivity contribution in [2.75, 3.05) is 6.61 Å². The van der Waals surface area contributed by atoms with E-state index in [9.17, 15) is 5.11 Å². The summed E-state index contributed by atoms with van der Waals surface area (Å²) in [6, 6.07) is 9.39. The summed E-state index contributed by atoms with van der Waals surface area (Å²) in [5, 5.41) is 12.9. The van der Waals surface area contributed by atoms with Crippen molar-refractivity contribution in [2.24, 2.45) is 5.92 Å². The lowest BCUT2D eigenvalue weighted by molar-refractivity contribution is 0.169. The second-order valence-electron chi connectivity index (χ2n) is 5.62. The minimum Gasteiger partial charge on any atom is -0.395 e. The molecular formula is C15H22BrNO. The van der Waals surface area contributed by atoms with E-state index in [4.69, 9.17) is 0 Å². The minimum absolute atomic E-state index is 0.232. The number of aliphatic hydroxyl groups excluding tert-OH is 1. The van der Waals surface area contributed by atoms with Gasteiger partial charge in [-0.15, -0.1) is 0 Å². The molecule has 3 heteroatoms. The molecule has 18 heavy (non-hydrogen) atoms. The van der Waals surface area contributed by atoms with E-state index >= 15 is 0 Å². The Hall–Kier alpha value is -0.380. The average Bonchev–Trinajstić information content (AvgIpc) is 2.27. The third-order valence-electron chi connectivity index (χ3n) is 3.91. The van der Waals surface area contributed by atoms with Crippen LogP contribution in [0, 0.1) is 5.92 Å². The highest BCUT2D eigenvalue weighted by atomic mass is 79.9. The normalized spacial score (nSPS) is 24.9. The molecule has 2 nitrogen and oxygen atoms in total. The highest BCUT2D eigenvalue weighted by Gasteiger charge is 2.32. The summed E-state index contributed by atoms with van der Waals surface area (Å²) in [6.45, 7) is 4.53. The molecule has 2 N–H and O–H groups in total. The number of hydrogen-bond donors (Lipinski definition) is 2. The van der Waals surface area contributed by atoms with Crippen LogP contribution in [0.5, 0.6) is 0 Å². The molecule has 1 aromatic rings. The van der Waals surface area contributed by atoms with Gasteiger partial charge in [0.2, 0.25) is 0 Å². The fraction of sp³-hybridized carbons (Fsp3) is 0.600. The van der Waals surface area contributed by atoms with E-state index in [0.29, 0.717) is 17.9 Å². The van der Waals surface area contributed by atoms with Gasteiger partial charge in [-0.25, -0.2) is 0 Å². The summed E-state index contributed by atoms with van der Waals surface area (Å²) in [6.07, 6.45) is 2.36. The fourth-order valence-corrected chi connectivity index (χ4v) is 2.96. The number of aliphatic hydroxyl groups is 1. The summed E-state index contributed by atoms with van der Waals surface area (Å²) in [5.74, 6) is 1.16. The molecule has 1 aliphatic carbocycles. The van der Waals surface area contributed by atoms with Crippen LogP contribution in [-0.4, -0.2) is 23.8 Å². The Labute approximate surface area is 118 Å². The largest absolute Gasteiger partial charge is 0.395 e. The van der Waals surface area contributed by atoms with Crippen LogP contribution >= 0.6 is 15.9 Å². The van der Waals surface area contributed by atoms with E-state index in [1.54, 1.807) is 0 Å². The zero-order chi connectivity index (χ0) is 13.1. The first-order valence-corrected chi connectivity index (χ1v) is 7.51. The molecule has 1 atom stereocenters. The van der Waals surface area contributed by atoms with E-state index in [2.05, 4.69) is 59.4 Å². The minimum atomic E-state index is 0.232. The van der Waals surface area contributed by atoms with Gasteiger partial charge < -0.3 is 10.4 Å². The van der Waals surface area contributed by atoms with Crippen molar-refractivity contribution in [3.05, 3.63) is 34.3 Å². The molecule has 0 saturated heterocycles. The second-order valence-corrected chi connectivity index (χ2v) is 6.54. The summed E-state index contributed by atoms with van der Waals surface area (Å²) >= 11 is 3.52. The van der Waals surface area contributed by atoms with Crippen LogP contribution in [0.25, 0.3) is 0 Å². The van der Waals surface area contributed by atoms with Crippen molar-refractivity contribution in [3.63, 3.8) is 0 Å². The highest BCUT2D eigenvalue weighted by molar-refractivity contribution is 9.10. The lowest BCUT2D eigenvalue weighted by Gasteiger charge is -2.39. The molecule has 1 saturated carbocycles. The summed E-state index contributed by atoms with van der Waals surface area (Å²) in [4.78, 5) is 0. The molecule has 0 amide bonds. The van der Waals surface area contributed by atoms with Crippen molar-refractivity contribution >= 4 is 15.9 Å². The first-order valence-electron chi connectivity index (χ1n) is 6.72. The second kappa shape index (κ2) is 6.18. The monoisotopic (exact) mass is 311 g/mol. The Kier molecular flexibility index (Phi) is 4.82. The fourth-order valence-electron chi connectivity index (χ4n) is 2.55. The zero-order valence-electron chi connectivity index (χ0n) is 11.1. The van der Waals surface area contributed by atoms with Gasteiger partial charge >= 0.3 is 0 Å². The van der Waals surface area contributed by atoms with Gasteiger partial charge in [0.15, 0.2) is 0 Å². The molecule has 0 aromatic heterocycles. The van der Waals surface area contributed by atoms with Gasteiger partial charge in [-0.1, -0.05) is 41.9 Å². The maximum Gasteiger partial charge on any atom is 0.0587 e. The molecule has 0 spiro atoms. The molecule has 1 fully saturated rings. The van der Waals surface area contributed by atoms with E-state index in [1.807, 2.05) is 0 Å². The van der Waals surface area contributed by atoms with Crippen molar-refractivity contribution in [1.82, 2.24) is 5.32 Å². The third-order valence-corrected chi connectivity index (χ3v) is 4.40. The molecule has 0 bridgehead atoms. The topological polar surface area (TPSA) is 32.3 Å². The molecule has 0 aliphatic heterocycles. The SMILES string of the molecule is CC(C)[C@@H](CO)NC1CC(c2cccc(Br)c2)C1. The van der Waals surface area contributed by atoms with Crippen molar-refractivity contribution in [2.45, 2.75) is 44.7 Å². The molecule has 0 unspecified atom stereocenters. The van der Waals surface area contributed by atoms with E-state index in [-0.39, 0.29) is 12.6 Å². The van der Waals surface area contributed by atoms with E-state index in [0.717, 1.165) is 4.47 Å². The van der Waals surface area contributed by atoms with Crippen LogP contribution in [-0.2, 0) is 0 Å². The molecule has 100 valence electrons. The van der Waals surface area contributed by atoms with Gasteiger partial charge in [-0.2, -0.15) is 0 Å². The smallest absolute Gasteiger partial charge is 0.0587 e. The van der Waals surface area contributed by atoms with Crippen LogP contribution in [0.15, 0.2) is 28.7 Å². The predicted octanol–water partition coefficient (Wildman–Crippen LogP) is 3.30. The Morgan fingerprint density at radius 2 is 2.11 bits per heavy atom. The maximum atomic E-state index is 9.32. The van der Waals surface area contributed by atoms with Gasteiger partial charge in [0.25, 0.3) is 0 Å². The van der Waals surface area contributed by atoms with E-state index in [1.165, 1.54) is 18.4 Å². The van der Waals surface area contributed by atoms with Crippen molar-refractivity contribution < 1.29 is 5.11 Å². The number of halogens is 1. The predicted molar refractivity (Wildman–Crippen MR) is 78.8 cm³/mol. The summed E-state index contributed by atoms with van der Waals surface area (Å²) in [5.41, 5.74) is 1.42. The number of nitrogens with one attached hydrogen (secondary N) is 1. The lowest BCUT2D eigenvalue weighted by atomic mass is 9.75. The molecule has 1 aliphatic rings. The van der Waals surface area contributed by atoms with Crippen LogP contribution in [0.1, 0.15) is 38.2 Å². The van der Waals surface area contributed by atoms with Gasteiger partial charge in [0.1, 0.15) is 0 Å². The number of benzene rings is 1. The molecule has 0 heterocycles. The van der Waals surface area contributed by atoms with Crippen LogP contribution in [0.4, 0.5) is 0 Å². The molecule has 2 rings (SSSR count). The van der Waals surface area contributed by atoms with Crippen molar-refractivity contribution in [1.29, 1.82) is 0 Å². The van der Waals surface area contributed by atoms with Crippen molar-refractivity contribution in [3.8, 4) is 0 Å². The Balaban J connectivity index is 1.83. The molecule has 1 aromatic carbocycles. The molecule has 0 radical (unpaired) electrons. The third kappa shape index (κ3) is 3.34. The maximum absolute atomic E-state index is 9.32. The Bertz CT molecular complexity index is 388. The first-order chi connectivity index (χ1) is 8.60. The quantitative estimate of drug-likeness (QED) is 0.874. The Morgan fingerprint density at radius 3 is 2.67 bits per heavy atom. The van der Waals surface area contributed by atoms with Gasteiger partial charge in [-0.3, -0.25) is 0 Å². The highest BCUT2D eigenvalue weighted by Crippen LogP contribution is 2.38. The average molecular weight is 312 g/mol. The van der Waals surface area contributed by atoms with Crippen LogP contribution in [0.3, 0.4) is 0 Å². The van der Waals surface area contributed by atoms with Crippen LogP contribution in [0.2, 0.25) is 0 Å². The van der Waals surface area contributed by atoms with Crippen LogP contribution < -0.4 is 5.32 Å². The molecular weight excluding hydrogens is 290 g/mol. The zero-order valence-corrected chi connectivity index (χ0v) is 12.7. The number of rotatable bonds is 5.